The summed E-state index contributed by atoms with van der Waals surface area (Å²) in [4.78, 5) is 14.8. The minimum Gasteiger partial charge on any atom is -0.496 e. The molecule has 1 aromatic heterocycles. The third-order valence-corrected chi connectivity index (χ3v) is 6.64. The molecule has 3 rings (SSSR count). The number of methoxy groups -OCH3 is 1. The van der Waals surface area contributed by atoms with E-state index in [1.807, 2.05) is 39.0 Å². The number of hydrogen-bond acceptors (Lipinski definition) is 4. The highest BCUT2D eigenvalue weighted by Crippen LogP contribution is 2.38. The molecule has 34 heavy (non-hydrogen) atoms. The molecule has 180 valence electrons. The third kappa shape index (κ3) is 5.94. The van der Waals surface area contributed by atoms with Crippen molar-refractivity contribution in [1.29, 1.82) is 0 Å². The summed E-state index contributed by atoms with van der Waals surface area (Å²) >= 11 is 0. The van der Waals surface area contributed by atoms with Gasteiger partial charge in [-0.3, -0.25) is 9.52 Å². The molecule has 0 saturated carbocycles. The van der Waals surface area contributed by atoms with E-state index in [0.29, 0.717) is 17.0 Å². The first-order valence-electron chi connectivity index (χ1n) is 10.8. The number of sulfonamides is 1. The van der Waals surface area contributed by atoms with Crippen LogP contribution in [0.15, 0.2) is 53.5 Å². The Morgan fingerprint density at radius 2 is 1.76 bits per heavy atom. The Balaban J connectivity index is 2.07. The molecule has 0 aliphatic rings. The van der Waals surface area contributed by atoms with Gasteiger partial charge in [0.2, 0.25) is 10.0 Å². The zero-order valence-electron chi connectivity index (χ0n) is 19.9. The highest BCUT2D eigenvalue weighted by atomic mass is 32.2. The molecule has 0 aliphatic carbocycles. The normalized spacial score (nSPS) is 12.2. The van der Waals surface area contributed by atoms with Crippen LogP contribution in [0.3, 0.4) is 0 Å². The molecule has 0 aliphatic heterocycles. The van der Waals surface area contributed by atoms with Gasteiger partial charge in [0.15, 0.2) is 0 Å². The van der Waals surface area contributed by atoms with Crippen LogP contribution in [0.2, 0.25) is 0 Å². The monoisotopic (exact) mass is 484 g/mol. The Hall–Kier alpha value is -3.39. The molecule has 6 nitrogen and oxygen atoms in total. The summed E-state index contributed by atoms with van der Waals surface area (Å²) in [6.07, 6.45) is 4.75. The lowest BCUT2D eigenvalue weighted by atomic mass is 9.83. The smallest absolute Gasteiger partial charge is 0.256 e. The summed E-state index contributed by atoms with van der Waals surface area (Å²) in [6.45, 7) is 7.68. The van der Waals surface area contributed by atoms with Crippen LogP contribution >= 0.6 is 0 Å². The molecule has 0 amide bonds. The number of ether oxygens (including phenoxy) is 1. The first kappa shape index (κ1) is 25.2. The number of anilines is 1. The van der Waals surface area contributed by atoms with Gasteiger partial charge in [0.1, 0.15) is 11.6 Å². The molecular weight excluding hydrogens is 455 g/mol. The van der Waals surface area contributed by atoms with Crippen LogP contribution in [0.1, 0.15) is 44.4 Å². The summed E-state index contributed by atoms with van der Waals surface area (Å²) in [5, 5.41) is 0. The molecule has 0 spiro atoms. The van der Waals surface area contributed by atoms with Crippen LogP contribution in [0.5, 0.6) is 5.75 Å². The van der Waals surface area contributed by atoms with Crippen LogP contribution in [0, 0.1) is 5.82 Å². The minimum absolute atomic E-state index is 0.00491. The average molecular weight is 485 g/mol. The second kappa shape index (κ2) is 9.85. The number of nitrogens with one attached hydrogen (secondary N) is 2. The molecule has 2 N–H and O–H groups in total. The molecule has 0 bridgehead atoms. The number of rotatable bonds is 7. The van der Waals surface area contributed by atoms with Crippen LogP contribution < -0.4 is 15.0 Å². The third-order valence-electron chi connectivity index (χ3n) is 5.33. The van der Waals surface area contributed by atoms with Gasteiger partial charge >= 0.3 is 0 Å². The van der Waals surface area contributed by atoms with E-state index in [0.717, 1.165) is 22.9 Å². The van der Waals surface area contributed by atoms with E-state index in [-0.39, 0.29) is 22.3 Å². The fourth-order valence-corrected chi connectivity index (χ4v) is 4.13. The zero-order chi connectivity index (χ0) is 25.1. The summed E-state index contributed by atoms with van der Waals surface area (Å²) in [6, 6.07) is 11.8. The van der Waals surface area contributed by atoms with E-state index in [1.54, 1.807) is 44.4 Å². The second-order valence-corrected chi connectivity index (χ2v) is 10.9. The lowest BCUT2D eigenvalue weighted by Crippen LogP contribution is -2.15. The Morgan fingerprint density at radius 3 is 2.35 bits per heavy atom. The lowest BCUT2D eigenvalue weighted by Gasteiger charge is -2.24. The number of pyridine rings is 1. The number of benzene rings is 2. The maximum Gasteiger partial charge on any atom is 0.256 e. The first-order valence-corrected chi connectivity index (χ1v) is 12.5. The zero-order valence-corrected chi connectivity index (χ0v) is 20.7. The van der Waals surface area contributed by atoms with E-state index in [2.05, 4.69) is 9.71 Å². The van der Waals surface area contributed by atoms with Gasteiger partial charge in [0, 0.05) is 28.6 Å². The van der Waals surface area contributed by atoms with Gasteiger partial charge in [-0.2, -0.15) is 0 Å². The molecule has 8 heteroatoms. The van der Waals surface area contributed by atoms with Crippen molar-refractivity contribution in [2.75, 3.05) is 17.6 Å². The van der Waals surface area contributed by atoms with Gasteiger partial charge in [-0.1, -0.05) is 45.1 Å². The molecule has 0 atom stereocenters. The second-order valence-electron chi connectivity index (χ2n) is 8.92. The Bertz CT molecular complexity index is 1370. The predicted molar refractivity (Wildman–Crippen MR) is 136 cm³/mol. The quantitative estimate of drug-likeness (QED) is 0.439. The average Bonchev–Trinajstić information content (AvgIpc) is 2.78. The van der Waals surface area contributed by atoms with Crippen molar-refractivity contribution in [2.45, 2.75) is 33.1 Å². The number of H-pyrrole nitrogens is 1. The topological polar surface area (TPSA) is 88.3 Å². The first-order chi connectivity index (χ1) is 15.9. The molecular formula is C26H29FN2O4S. The van der Waals surface area contributed by atoms with Crippen molar-refractivity contribution in [3.8, 4) is 16.9 Å². The van der Waals surface area contributed by atoms with Gasteiger partial charge in [0.25, 0.3) is 5.56 Å². The lowest BCUT2D eigenvalue weighted by molar-refractivity contribution is 0.397. The number of aromatic amines is 1. The van der Waals surface area contributed by atoms with Crippen molar-refractivity contribution >= 4 is 27.9 Å². The largest absolute Gasteiger partial charge is 0.496 e. The fraction of sp³-hybridized carbons (Fsp3) is 0.269. The molecule has 0 radical (unpaired) electrons. The van der Waals surface area contributed by atoms with Crippen molar-refractivity contribution in [3.05, 3.63) is 81.5 Å². The summed E-state index contributed by atoms with van der Waals surface area (Å²) < 4.78 is 45.6. The van der Waals surface area contributed by atoms with E-state index >= 15 is 0 Å². The molecule has 1 heterocycles. The molecule has 0 unspecified atom stereocenters. The Labute approximate surface area is 199 Å². The minimum atomic E-state index is -3.35. The molecule has 0 saturated heterocycles. The standard InChI is InChI=1S/C26H29FN2O4S/c1-6-34(31,32)29-21-11-8-17(9-12-21)7-10-18-13-19(22-15-20(27)16-28-25(22)30)14-23(24(18)33-5)26(2,3)4/h7-16,29H,6H2,1-5H3,(H,28,30)/b10-7+. The number of hydrogen-bond donors (Lipinski definition) is 2. The summed E-state index contributed by atoms with van der Waals surface area (Å²) in [5.74, 6) is 0.126. The van der Waals surface area contributed by atoms with Crippen molar-refractivity contribution < 1.29 is 17.5 Å². The number of halogens is 1. The van der Waals surface area contributed by atoms with Crippen molar-refractivity contribution in [1.82, 2.24) is 4.98 Å². The van der Waals surface area contributed by atoms with Gasteiger partial charge in [0.05, 0.1) is 12.9 Å². The fourth-order valence-electron chi connectivity index (χ4n) is 3.49. The van der Waals surface area contributed by atoms with Gasteiger partial charge in [-0.05, 0) is 53.8 Å². The predicted octanol–water partition coefficient (Wildman–Crippen LogP) is 5.42. The van der Waals surface area contributed by atoms with Crippen molar-refractivity contribution in [3.63, 3.8) is 0 Å². The maximum atomic E-state index is 13.9. The summed E-state index contributed by atoms with van der Waals surface area (Å²) in [5.41, 5.74) is 3.05. The van der Waals surface area contributed by atoms with Crippen LogP contribution in [-0.2, 0) is 15.4 Å². The van der Waals surface area contributed by atoms with E-state index in [9.17, 15) is 17.6 Å². The van der Waals surface area contributed by atoms with E-state index < -0.39 is 15.8 Å². The van der Waals surface area contributed by atoms with Gasteiger partial charge < -0.3 is 9.72 Å². The van der Waals surface area contributed by atoms with E-state index in [1.165, 1.54) is 6.07 Å². The molecule has 0 fully saturated rings. The SMILES string of the molecule is CCS(=O)(=O)Nc1ccc(/C=C/c2cc(-c3cc(F)c[nH]c3=O)cc(C(C)(C)C)c2OC)cc1. The Kier molecular flexibility index (Phi) is 7.31. The molecule has 3 aromatic rings. The maximum absolute atomic E-state index is 13.9. The van der Waals surface area contributed by atoms with Crippen LogP contribution in [-0.4, -0.2) is 26.3 Å². The number of aromatic nitrogens is 1. The van der Waals surface area contributed by atoms with Gasteiger partial charge in [-0.15, -0.1) is 0 Å². The van der Waals surface area contributed by atoms with Gasteiger partial charge in [-0.25, -0.2) is 12.8 Å². The summed E-state index contributed by atoms with van der Waals surface area (Å²) in [7, 11) is -1.76. The van der Waals surface area contributed by atoms with Crippen LogP contribution in [0.4, 0.5) is 10.1 Å². The van der Waals surface area contributed by atoms with Crippen LogP contribution in [0.25, 0.3) is 23.3 Å². The highest BCUT2D eigenvalue weighted by Gasteiger charge is 2.23. The van der Waals surface area contributed by atoms with E-state index in [4.69, 9.17) is 4.74 Å². The highest BCUT2D eigenvalue weighted by molar-refractivity contribution is 7.92. The molecule has 2 aromatic carbocycles. The van der Waals surface area contributed by atoms with Crippen molar-refractivity contribution in [2.24, 2.45) is 0 Å². The Morgan fingerprint density at radius 1 is 1.09 bits per heavy atom.